The third kappa shape index (κ3) is 9.62. The van der Waals surface area contributed by atoms with Crippen LogP contribution in [0.5, 0.6) is 0 Å². The Kier molecular flexibility index (Phi) is 12.6. The third-order valence-electron chi connectivity index (χ3n) is 4.48. The maximum atomic E-state index is 5.81. The summed E-state index contributed by atoms with van der Waals surface area (Å²) in [4.78, 5) is 4.69. The number of aromatic nitrogens is 2. The molecule has 7 heteroatoms. The molecule has 0 saturated carbocycles. The van der Waals surface area contributed by atoms with Gasteiger partial charge in [0.25, 0.3) is 0 Å². The van der Waals surface area contributed by atoms with E-state index in [-0.39, 0.29) is 30.1 Å². The van der Waals surface area contributed by atoms with E-state index in [1.807, 2.05) is 36.0 Å². The van der Waals surface area contributed by atoms with Crippen LogP contribution in [0.3, 0.4) is 0 Å². The van der Waals surface area contributed by atoms with Gasteiger partial charge >= 0.3 is 0 Å². The normalized spacial score (nSPS) is 12.5. The van der Waals surface area contributed by atoms with Crippen molar-refractivity contribution in [2.24, 2.45) is 10.9 Å². The SMILES string of the molecule is CCNC(=NCc1cnn(Cc2ccccc2)c1)NCCC(OCC)C(C)C.I. The van der Waals surface area contributed by atoms with Gasteiger partial charge in [-0.25, -0.2) is 4.99 Å². The van der Waals surface area contributed by atoms with E-state index in [2.05, 4.69) is 54.8 Å². The van der Waals surface area contributed by atoms with E-state index in [0.29, 0.717) is 12.5 Å². The summed E-state index contributed by atoms with van der Waals surface area (Å²) in [6, 6.07) is 10.3. The average Bonchev–Trinajstić information content (AvgIpc) is 3.13. The van der Waals surface area contributed by atoms with E-state index in [4.69, 9.17) is 9.73 Å². The van der Waals surface area contributed by atoms with Crippen molar-refractivity contribution in [2.75, 3.05) is 19.7 Å². The van der Waals surface area contributed by atoms with Crippen molar-refractivity contribution in [3.8, 4) is 0 Å². The highest BCUT2D eigenvalue weighted by atomic mass is 127. The average molecular weight is 513 g/mol. The van der Waals surface area contributed by atoms with E-state index in [0.717, 1.165) is 44.2 Å². The molecule has 0 aliphatic heterocycles. The zero-order valence-corrected chi connectivity index (χ0v) is 20.4. The van der Waals surface area contributed by atoms with Crippen LogP contribution in [0, 0.1) is 5.92 Å². The van der Waals surface area contributed by atoms with E-state index < -0.39 is 0 Å². The molecule has 0 radical (unpaired) electrons. The lowest BCUT2D eigenvalue weighted by Gasteiger charge is -2.21. The Balaban J connectivity index is 0.00000420. The number of ether oxygens (including phenoxy) is 1. The minimum Gasteiger partial charge on any atom is -0.378 e. The van der Waals surface area contributed by atoms with Crippen LogP contribution < -0.4 is 10.6 Å². The fourth-order valence-electron chi connectivity index (χ4n) is 3.01. The first-order valence-corrected chi connectivity index (χ1v) is 10.3. The maximum Gasteiger partial charge on any atom is 0.191 e. The van der Waals surface area contributed by atoms with Gasteiger partial charge in [-0.2, -0.15) is 5.10 Å². The molecule has 6 nitrogen and oxygen atoms in total. The molecule has 1 heterocycles. The summed E-state index contributed by atoms with van der Waals surface area (Å²) in [5, 5.41) is 11.2. The number of hydrogen-bond acceptors (Lipinski definition) is 3. The fourth-order valence-corrected chi connectivity index (χ4v) is 3.01. The largest absolute Gasteiger partial charge is 0.378 e. The number of benzene rings is 1. The van der Waals surface area contributed by atoms with Gasteiger partial charge in [0.15, 0.2) is 5.96 Å². The molecule has 0 saturated heterocycles. The van der Waals surface area contributed by atoms with Gasteiger partial charge in [-0.15, -0.1) is 24.0 Å². The number of nitrogens with zero attached hydrogens (tertiary/aromatic N) is 3. The Morgan fingerprint density at radius 1 is 1.14 bits per heavy atom. The summed E-state index contributed by atoms with van der Waals surface area (Å²) in [6.45, 7) is 12.3. The first-order valence-electron chi connectivity index (χ1n) is 10.3. The second kappa shape index (κ2) is 14.4. The lowest BCUT2D eigenvalue weighted by atomic mass is 10.0. The summed E-state index contributed by atoms with van der Waals surface area (Å²) < 4.78 is 7.77. The van der Waals surface area contributed by atoms with Crippen molar-refractivity contribution in [3.05, 3.63) is 53.9 Å². The Hall–Kier alpha value is -1.61. The van der Waals surface area contributed by atoms with Crippen molar-refractivity contribution >= 4 is 29.9 Å². The smallest absolute Gasteiger partial charge is 0.191 e. The first-order chi connectivity index (χ1) is 13.6. The predicted octanol–water partition coefficient (Wildman–Crippen LogP) is 4.06. The number of rotatable bonds is 11. The lowest BCUT2D eigenvalue weighted by molar-refractivity contribution is 0.0258. The molecular weight excluding hydrogens is 477 g/mol. The fraction of sp³-hybridized carbons (Fsp3) is 0.545. The van der Waals surface area contributed by atoms with Gasteiger partial charge in [0.2, 0.25) is 0 Å². The van der Waals surface area contributed by atoms with Crippen LogP contribution in [0.1, 0.15) is 45.2 Å². The van der Waals surface area contributed by atoms with Gasteiger partial charge in [-0.1, -0.05) is 44.2 Å². The van der Waals surface area contributed by atoms with Crippen LogP contribution in [0.15, 0.2) is 47.7 Å². The monoisotopic (exact) mass is 513 g/mol. The van der Waals surface area contributed by atoms with Gasteiger partial charge in [0.05, 0.1) is 25.4 Å². The van der Waals surface area contributed by atoms with Crippen molar-refractivity contribution in [3.63, 3.8) is 0 Å². The summed E-state index contributed by atoms with van der Waals surface area (Å²) in [6.07, 6.45) is 5.19. The second-order valence-electron chi connectivity index (χ2n) is 7.18. The molecule has 0 aliphatic rings. The molecule has 0 spiro atoms. The van der Waals surface area contributed by atoms with Crippen LogP contribution in [0.4, 0.5) is 0 Å². The van der Waals surface area contributed by atoms with Crippen molar-refractivity contribution in [1.29, 1.82) is 0 Å². The molecule has 1 atom stereocenters. The molecule has 162 valence electrons. The highest BCUT2D eigenvalue weighted by Crippen LogP contribution is 2.10. The second-order valence-corrected chi connectivity index (χ2v) is 7.18. The van der Waals surface area contributed by atoms with Crippen molar-refractivity contribution < 1.29 is 4.74 Å². The quantitative estimate of drug-likeness (QED) is 0.270. The number of aliphatic imine (C=N–C) groups is 1. The molecular formula is C22H36IN5O. The van der Waals surface area contributed by atoms with E-state index in [9.17, 15) is 0 Å². The molecule has 0 bridgehead atoms. The van der Waals surface area contributed by atoms with Gasteiger partial charge in [-0.3, -0.25) is 4.68 Å². The van der Waals surface area contributed by atoms with Gasteiger partial charge in [0.1, 0.15) is 0 Å². The van der Waals surface area contributed by atoms with Crippen LogP contribution >= 0.6 is 24.0 Å². The molecule has 0 aliphatic carbocycles. The number of halogens is 1. The summed E-state index contributed by atoms with van der Waals surface area (Å²) in [7, 11) is 0. The summed E-state index contributed by atoms with van der Waals surface area (Å²) in [5.74, 6) is 1.34. The Morgan fingerprint density at radius 3 is 2.55 bits per heavy atom. The van der Waals surface area contributed by atoms with Gasteiger partial charge in [-0.05, 0) is 31.7 Å². The molecule has 0 fully saturated rings. The van der Waals surface area contributed by atoms with Gasteiger partial charge in [0, 0.05) is 31.5 Å². The van der Waals surface area contributed by atoms with Crippen molar-refractivity contribution in [2.45, 2.75) is 53.3 Å². The standard InChI is InChI=1S/C22H35N5O.HI/c1-5-23-22(24-13-12-21(18(3)4)28-6-2)25-14-20-15-26-27(17-20)16-19-10-8-7-9-11-19;/h7-11,15,17-18,21H,5-6,12-14,16H2,1-4H3,(H2,23,24,25);1H. The Morgan fingerprint density at radius 2 is 1.90 bits per heavy atom. The van der Waals surface area contributed by atoms with Crippen LogP contribution in [0.2, 0.25) is 0 Å². The molecule has 2 N–H and O–H groups in total. The minimum absolute atomic E-state index is 0. The van der Waals surface area contributed by atoms with Crippen LogP contribution in [-0.2, 0) is 17.8 Å². The predicted molar refractivity (Wildman–Crippen MR) is 131 cm³/mol. The maximum absolute atomic E-state index is 5.81. The Bertz CT molecular complexity index is 702. The van der Waals surface area contributed by atoms with Crippen LogP contribution in [-0.4, -0.2) is 41.5 Å². The molecule has 2 aromatic rings. The van der Waals surface area contributed by atoms with E-state index >= 15 is 0 Å². The molecule has 29 heavy (non-hydrogen) atoms. The lowest BCUT2D eigenvalue weighted by Crippen LogP contribution is -2.39. The third-order valence-corrected chi connectivity index (χ3v) is 4.48. The molecule has 2 rings (SSSR count). The van der Waals surface area contributed by atoms with E-state index in [1.54, 1.807) is 0 Å². The van der Waals surface area contributed by atoms with Gasteiger partial charge < -0.3 is 15.4 Å². The first kappa shape index (κ1) is 25.4. The molecule has 1 aromatic carbocycles. The zero-order chi connectivity index (χ0) is 20.2. The van der Waals surface area contributed by atoms with Crippen LogP contribution in [0.25, 0.3) is 0 Å². The summed E-state index contributed by atoms with van der Waals surface area (Å²) >= 11 is 0. The molecule has 0 amide bonds. The topological polar surface area (TPSA) is 63.5 Å². The highest BCUT2D eigenvalue weighted by Gasteiger charge is 2.13. The molecule has 1 unspecified atom stereocenters. The zero-order valence-electron chi connectivity index (χ0n) is 18.1. The number of guanidine groups is 1. The highest BCUT2D eigenvalue weighted by molar-refractivity contribution is 14.0. The number of nitrogens with one attached hydrogen (secondary N) is 2. The van der Waals surface area contributed by atoms with E-state index in [1.165, 1.54) is 5.56 Å². The summed E-state index contributed by atoms with van der Waals surface area (Å²) in [5.41, 5.74) is 2.34. The van der Waals surface area contributed by atoms with Crippen molar-refractivity contribution in [1.82, 2.24) is 20.4 Å². The molecule has 1 aromatic heterocycles. The number of hydrogen-bond donors (Lipinski definition) is 2. The Labute approximate surface area is 192 Å². The minimum atomic E-state index is 0.